The van der Waals surface area contributed by atoms with E-state index in [1.807, 2.05) is 13.1 Å². The number of rotatable bonds is 5. The molecule has 0 bridgehead atoms. The average molecular weight is 289 g/mol. The first-order valence-electron chi connectivity index (χ1n) is 6.52. The van der Waals surface area contributed by atoms with Gasteiger partial charge in [0.2, 0.25) is 0 Å². The summed E-state index contributed by atoms with van der Waals surface area (Å²) < 4.78 is 5.23. The number of phenols is 1. The molecule has 1 atom stereocenters. The topological polar surface area (TPSA) is 41.5 Å². The fourth-order valence-electron chi connectivity index (χ4n) is 2.07. The monoisotopic (exact) mass is 289 g/mol. The third-order valence-corrected chi connectivity index (χ3v) is 4.53. The van der Waals surface area contributed by atoms with E-state index in [-0.39, 0.29) is 0 Å². The van der Waals surface area contributed by atoms with Crippen molar-refractivity contribution in [2.75, 3.05) is 14.2 Å². The molecule has 2 N–H and O–H groups in total. The van der Waals surface area contributed by atoms with Crippen LogP contribution < -0.4 is 20.7 Å². The standard InChI is InChI=1S/C16H20NO2P/c1-11-4-7-15(12(8-11)10-17-2)20-16-9-13(19-3)5-6-14(16)18/h4-9,17-18,20H,10H2,1-3H3. The zero-order chi connectivity index (χ0) is 14.5. The molecule has 1 unspecified atom stereocenters. The van der Waals surface area contributed by atoms with E-state index in [2.05, 4.69) is 30.4 Å². The van der Waals surface area contributed by atoms with Gasteiger partial charge in [0, 0.05) is 11.8 Å². The van der Waals surface area contributed by atoms with E-state index in [0.717, 1.165) is 17.6 Å². The summed E-state index contributed by atoms with van der Waals surface area (Å²) in [6.45, 7) is 2.92. The van der Waals surface area contributed by atoms with Gasteiger partial charge in [0.25, 0.3) is 0 Å². The van der Waals surface area contributed by atoms with Crippen LogP contribution in [0.25, 0.3) is 0 Å². The van der Waals surface area contributed by atoms with Gasteiger partial charge in [-0.05, 0) is 43.0 Å². The normalized spacial score (nSPS) is 11.2. The van der Waals surface area contributed by atoms with Crippen molar-refractivity contribution in [2.45, 2.75) is 13.5 Å². The second-order valence-corrected chi connectivity index (χ2v) is 6.03. The van der Waals surface area contributed by atoms with E-state index in [1.165, 1.54) is 16.4 Å². The van der Waals surface area contributed by atoms with Crippen molar-refractivity contribution in [3.8, 4) is 11.5 Å². The van der Waals surface area contributed by atoms with E-state index < -0.39 is 0 Å². The molecule has 106 valence electrons. The van der Waals surface area contributed by atoms with Crippen molar-refractivity contribution in [3.05, 3.63) is 47.5 Å². The number of benzene rings is 2. The molecule has 0 spiro atoms. The van der Waals surface area contributed by atoms with Crippen LogP contribution in [0.4, 0.5) is 0 Å². The molecule has 0 fully saturated rings. The molecule has 0 amide bonds. The first-order valence-corrected chi connectivity index (χ1v) is 7.52. The van der Waals surface area contributed by atoms with Gasteiger partial charge in [-0.15, -0.1) is 0 Å². The Morgan fingerprint density at radius 3 is 2.65 bits per heavy atom. The number of phenolic OH excluding ortho intramolecular Hbond substituents is 1. The van der Waals surface area contributed by atoms with Crippen molar-refractivity contribution in [1.82, 2.24) is 5.32 Å². The van der Waals surface area contributed by atoms with Crippen LogP contribution in [0.3, 0.4) is 0 Å². The number of aryl methyl sites for hydroxylation is 1. The minimum absolute atomic E-state index is 0.320. The molecule has 0 saturated heterocycles. The lowest BCUT2D eigenvalue weighted by Gasteiger charge is -2.12. The van der Waals surface area contributed by atoms with Crippen molar-refractivity contribution in [3.63, 3.8) is 0 Å². The van der Waals surface area contributed by atoms with E-state index in [9.17, 15) is 5.11 Å². The van der Waals surface area contributed by atoms with Crippen molar-refractivity contribution in [1.29, 1.82) is 0 Å². The molecule has 0 aliphatic rings. The van der Waals surface area contributed by atoms with Gasteiger partial charge in [-0.3, -0.25) is 0 Å². The summed E-state index contributed by atoms with van der Waals surface area (Å²) in [5.41, 5.74) is 2.52. The van der Waals surface area contributed by atoms with Crippen LogP contribution in [0.5, 0.6) is 11.5 Å². The number of aromatic hydroxyl groups is 1. The molecular weight excluding hydrogens is 269 g/mol. The van der Waals surface area contributed by atoms with Crippen LogP contribution in [-0.2, 0) is 6.54 Å². The predicted molar refractivity (Wildman–Crippen MR) is 86.2 cm³/mol. The highest BCUT2D eigenvalue weighted by Crippen LogP contribution is 2.24. The van der Waals surface area contributed by atoms with Gasteiger partial charge in [0.05, 0.1) is 7.11 Å². The molecule has 2 rings (SSSR count). The third-order valence-electron chi connectivity index (χ3n) is 3.10. The average Bonchev–Trinajstić information content (AvgIpc) is 2.44. The Morgan fingerprint density at radius 1 is 1.15 bits per heavy atom. The quantitative estimate of drug-likeness (QED) is 0.828. The maximum atomic E-state index is 10.0. The summed E-state index contributed by atoms with van der Waals surface area (Å²) in [7, 11) is 3.99. The van der Waals surface area contributed by atoms with Gasteiger partial charge in [-0.1, -0.05) is 32.3 Å². The van der Waals surface area contributed by atoms with Crippen LogP contribution in [0.1, 0.15) is 11.1 Å². The molecule has 0 aromatic heterocycles. The molecule has 0 radical (unpaired) electrons. The second-order valence-electron chi connectivity index (χ2n) is 4.70. The first kappa shape index (κ1) is 14.8. The summed E-state index contributed by atoms with van der Waals surface area (Å²) in [5.74, 6) is 1.09. The maximum absolute atomic E-state index is 10.0. The molecule has 2 aromatic rings. The van der Waals surface area contributed by atoms with Crippen LogP contribution in [0.15, 0.2) is 36.4 Å². The Kier molecular flexibility index (Phi) is 4.99. The van der Waals surface area contributed by atoms with E-state index in [4.69, 9.17) is 4.74 Å². The van der Waals surface area contributed by atoms with Crippen LogP contribution in [0, 0.1) is 6.92 Å². The molecule has 0 heterocycles. The van der Waals surface area contributed by atoms with Gasteiger partial charge in [0.15, 0.2) is 0 Å². The Hall–Kier alpha value is -1.57. The van der Waals surface area contributed by atoms with Crippen LogP contribution in [-0.4, -0.2) is 19.3 Å². The largest absolute Gasteiger partial charge is 0.507 e. The smallest absolute Gasteiger partial charge is 0.123 e. The molecule has 4 heteroatoms. The number of ether oxygens (including phenoxy) is 1. The highest BCUT2D eigenvalue weighted by Gasteiger charge is 2.08. The molecule has 0 aliphatic heterocycles. The van der Waals surface area contributed by atoms with Gasteiger partial charge < -0.3 is 15.2 Å². The van der Waals surface area contributed by atoms with Crippen molar-refractivity contribution in [2.24, 2.45) is 0 Å². The third kappa shape index (κ3) is 3.50. The lowest BCUT2D eigenvalue weighted by molar-refractivity contribution is 0.413. The lowest BCUT2D eigenvalue weighted by Crippen LogP contribution is -2.15. The van der Waals surface area contributed by atoms with Gasteiger partial charge in [0.1, 0.15) is 11.5 Å². The van der Waals surface area contributed by atoms with Gasteiger partial charge in [-0.25, -0.2) is 0 Å². The Balaban J connectivity index is 2.34. The minimum Gasteiger partial charge on any atom is -0.507 e. The number of hydrogen-bond acceptors (Lipinski definition) is 3. The Labute approximate surface area is 121 Å². The highest BCUT2D eigenvalue weighted by molar-refractivity contribution is 7.55. The van der Waals surface area contributed by atoms with Crippen molar-refractivity contribution >= 4 is 19.2 Å². The fraction of sp³-hybridized carbons (Fsp3) is 0.250. The van der Waals surface area contributed by atoms with Crippen LogP contribution >= 0.6 is 8.58 Å². The van der Waals surface area contributed by atoms with Gasteiger partial charge in [-0.2, -0.15) is 0 Å². The first-order chi connectivity index (χ1) is 9.63. The Bertz CT molecular complexity index is 599. The maximum Gasteiger partial charge on any atom is 0.123 e. The molecule has 20 heavy (non-hydrogen) atoms. The van der Waals surface area contributed by atoms with Gasteiger partial charge >= 0.3 is 0 Å². The number of hydrogen-bond donors (Lipinski definition) is 2. The van der Waals surface area contributed by atoms with E-state index in [1.54, 1.807) is 19.2 Å². The summed E-state index contributed by atoms with van der Waals surface area (Å²) in [4.78, 5) is 0. The fourth-order valence-corrected chi connectivity index (χ4v) is 3.27. The molecule has 0 aliphatic carbocycles. The molecule has 0 saturated carbocycles. The van der Waals surface area contributed by atoms with E-state index in [0.29, 0.717) is 14.3 Å². The number of nitrogens with one attached hydrogen (secondary N) is 1. The number of methoxy groups -OCH3 is 1. The second kappa shape index (κ2) is 6.74. The summed E-state index contributed by atoms with van der Waals surface area (Å²) in [6, 6.07) is 11.8. The molecular formula is C16H20NO2P. The zero-order valence-electron chi connectivity index (χ0n) is 12.0. The highest BCUT2D eigenvalue weighted by atomic mass is 31.1. The Morgan fingerprint density at radius 2 is 1.95 bits per heavy atom. The van der Waals surface area contributed by atoms with Crippen molar-refractivity contribution < 1.29 is 9.84 Å². The molecule has 2 aromatic carbocycles. The van der Waals surface area contributed by atoms with Crippen LogP contribution in [0.2, 0.25) is 0 Å². The summed E-state index contributed by atoms with van der Waals surface area (Å²) in [6.07, 6.45) is 0. The summed E-state index contributed by atoms with van der Waals surface area (Å²) in [5, 5.41) is 15.3. The van der Waals surface area contributed by atoms with E-state index >= 15 is 0 Å². The molecule has 3 nitrogen and oxygen atoms in total. The summed E-state index contributed by atoms with van der Waals surface area (Å²) >= 11 is 0. The zero-order valence-corrected chi connectivity index (χ0v) is 13.0. The lowest BCUT2D eigenvalue weighted by atomic mass is 10.1. The minimum atomic E-state index is 0.320. The SMILES string of the molecule is CNCc1cc(C)ccc1Pc1cc(OC)ccc1O. The predicted octanol–water partition coefficient (Wildman–Crippen LogP) is 2.06.